The first-order valence-electron chi connectivity index (χ1n) is 7.35. The van der Waals surface area contributed by atoms with Crippen LogP contribution in [-0.4, -0.2) is 52.1 Å². The Hall–Kier alpha value is -1.26. The van der Waals surface area contributed by atoms with Gasteiger partial charge in [0.25, 0.3) is 0 Å². The van der Waals surface area contributed by atoms with Gasteiger partial charge in [-0.15, -0.1) is 0 Å². The van der Waals surface area contributed by atoms with Crippen molar-refractivity contribution in [3.8, 4) is 0 Å². The number of urea groups is 1. The van der Waals surface area contributed by atoms with Crippen molar-refractivity contribution in [2.45, 2.75) is 51.5 Å². The van der Waals surface area contributed by atoms with E-state index in [-0.39, 0.29) is 6.03 Å². The van der Waals surface area contributed by atoms with Crippen molar-refractivity contribution in [1.29, 1.82) is 0 Å². The largest absolute Gasteiger partial charge is 0.479 e. The number of likely N-dealkylation sites (tertiary alicyclic amines) is 1. The average molecular weight is 268 g/mol. The van der Waals surface area contributed by atoms with Crippen molar-refractivity contribution in [2.75, 3.05) is 19.6 Å². The van der Waals surface area contributed by atoms with Crippen molar-refractivity contribution >= 4 is 12.0 Å². The SMILES string of the molecule is CCN(CC1CC1)C(=O)N1CCCC1(CC)C(=O)O. The molecular formula is C14H24N2O3. The highest BCUT2D eigenvalue weighted by atomic mass is 16.4. The van der Waals surface area contributed by atoms with Crippen LogP contribution in [0.2, 0.25) is 0 Å². The maximum atomic E-state index is 12.6. The van der Waals surface area contributed by atoms with Crippen LogP contribution in [-0.2, 0) is 4.79 Å². The summed E-state index contributed by atoms with van der Waals surface area (Å²) in [7, 11) is 0. The van der Waals surface area contributed by atoms with Crippen molar-refractivity contribution in [3.63, 3.8) is 0 Å². The lowest BCUT2D eigenvalue weighted by atomic mass is 9.93. The van der Waals surface area contributed by atoms with Crippen LogP contribution in [0.25, 0.3) is 0 Å². The van der Waals surface area contributed by atoms with Crippen LogP contribution in [0.5, 0.6) is 0 Å². The van der Waals surface area contributed by atoms with Gasteiger partial charge in [-0.25, -0.2) is 9.59 Å². The van der Waals surface area contributed by atoms with Crippen LogP contribution in [0.4, 0.5) is 4.79 Å². The second-order valence-electron chi connectivity index (χ2n) is 5.71. The molecule has 0 spiro atoms. The smallest absolute Gasteiger partial charge is 0.329 e. The molecule has 19 heavy (non-hydrogen) atoms. The van der Waals surface area contributed by atoms with Gasteiger partial charge in [0.1, 0.15) is 5.54 Å². The minimum atomic E-state index is -0.978. The molecule has 5 nitrogen and oxygen atoms in total. The molecule has 1 heterocycles. The standard InChI is InChI=1S/C14H24N2O3/c1-3-14(12(17)18)8-5-9-16(14)13(19)15(4-2)10-11-6-7-11/h11H,3-10H2,1-2H3,(H,17,18). The number of rotatable bonds is 5. The molecule has 2 amide bonds. The molecule has 5 heteroatoms. The lowest BCUT2D eigenvalue weighted by Gasteiger charge is -2.37. The van der Waals surface area contributed by atoms with E-state index in [9.17, 15) is 14.7 Å². The Balaban J connectivity index is 2.13. The molecule has 2 fully saturated rings. The number of nitrogens with zero attached hydrogens (tertiary/aromatic N) is 2. The van der Waals surface area contributed by atoms with E-state index in [4.69, 9.17) is 0 Å². The molecule has 1 saturated heterocycles. The number of hydrogen-bond acceptors (Lipinski definition) is 2. The number of aliphatic carboxylic acids is 1. The van der Waals surface area contributed by atoms with E-state index in [0.29, 0.717) is 31.8 Å². The van der Waals surface area contributed by atoms with Gasteiger partial charge >= 0.3 is 12.0 Å². The zero-order chi connectivity index (χ0) is 14.0. The van der Waals surface area contributed by atoms with E-state index in [1.165, 1.54) is 12.8 Å². The van der Waals surface area contributed by atoms with Crippen LogP contribution >= 0.6 is 0 Å². The zero-order valence-corrected chi connectivity index (χ0v) is 11.9. The molecule has 0 aromatic rings. The summed E-state index contributed by atoms with van der Waals surface area (Å²) < 4.78 is 0. The molecule has 1 saturated carbocycles. The lowest BCUT2D eigenvalue weighted by Crippen LogP contribution is -2.56. The third kappa shape index (κ3) is 2.55. The van der Waals surface area contributed by atoms with Gasteiger partial charge in [0.05, 0.1) is 0 Å². The monoisotopic (exact) mass is 268 g/mol. The molecule has 1 aliphatic carbocycles. The van der Waals surface area contributed by atoms with Gasteiger partial charge < -0.3 is 14.9 Å². The average Bonchev–Trinajstić information content (AvgIpc) is 3.10. The Kier molecular flexibility index (Phi) is 4.02. The van der Waals surface area contributed by atoms with E-state index in [1.54, 1.807) is 4.90 Å². The minimum absolute atomic E-state index is 0.0869. The molecule has 1 atom stereocenters. The first-order valence-corrected chi connectivity index (χ1v) is 7.35. The van der Waals surface area contributed by atoms with E-state index in [1.807, 2.05) is 18.7 Å². The van der Waals surface area contributed by atoms with E-state index in [0.717, 1.165) is 13.0 Å². The fraction of sp³-hybridized carbons (Fsp3) is 0.857. The van der Waals surface area contributed by atoms with Gasteiger partial charge in [0.2, 0.25) is 0 Å². The lowest BCUT2D eigenvalue weighted by molar-refractivity contribution is -0.148. The van der Waals surface area contributed by atoms with E-state index < -0.39 is 11.5 Å². The predicted octanol–water partition coefficient (Wildman–Crippen LogP) is 2.17. The van der Waals surface area contributed by atoms with Gasteiger partial charge in [-0.3, -0.25) is 0 Å². The van der Waals surface area contributed by atoms with Gasteiger partial charge in [-0.05, 0) is 44.9 Å². The van der Waals surface area contributed by atoms with Gasteiger partial charge in [-0.1, -0.05) is 6.92 Å². The molecule has 0 radical (unpaired) electrons. The molecular weight excluding hydrogens is 244 g/mol. The van der Waals surface area contributed by atoms with Gasteiger partial charge in [0, 0.05) is 19.6 Å². The summed E-state index contributed by atoms with van der Waals surface area (Å²) in [5.74, 6) is -0.226. The highest BCUT2D eigenvalue weighted by Crippen LogP contribution is 2.35. The van der Waals surface area contributed by atoms with Crippen LogP contribution < -0.4 is 0 Å². The number of carbonyl (C=O) groups is 2. The first-order chi connectivity index (χ1) is 9.05. The minimum Gasteiger partial charge on any atom is -0.479 e. The number of carboxylic acid groups (broad SMARTS) is 1. The maximum Gasteiger partial charge on any atom is 0.329 e. The molecule has 0 aromatic heterocycles. The summed E-state index contributed by atoms with van der Waals surface area (Å²) in [6.45, 7) is 5.83. The first kappa shape index (κ1) is 14.2. The third-order valence-corrected chi connectivity index (χ3v) is 4.53. The molecule has 108 valence electrons. The summed E-state index contributed by atoms with van der Waals surface area (Å²) in [6.07, 6.45) is 4.23. The van der Waals surface area contributed by atoms with Crippen LogP contribution in [0, 0.1) is 5.92 Å². The second kappa shape index (κ2) is 5.39. The number of hydrogen-bond donors (Lipinski definition) is 1. The van der Waals surface area contributed by atoms with Crippen LogP contribution in [0.1, 0.15) is 46.0 Å². The third-order valence-electron chi connectivity index (χ3n) is 4.53. The topological polar surface area (TPSA) is 60.9 Å². The highest BCUT2D eigenvalue weighted by Gasteiger charge is 2.49. The fourth-order valence-corrected chi connectivity index (χ4v) is 3.02. The molecule has 0 aromatic carbocycles. The number of carbonyl (C=O) groups excluding carboxylic acids is 1. The zero-order valence-electron chi connectivity index (χ0n) is 11.9. The van der Waals surface area contributed by atoms with Crippen molar-refractivity contribution in [3.05, 3.63) is 0 Å². The summed E-state index contributed by atoms with van der Waals surface area (Å²) >= 11 is 0. The highest BCUT2D eigenvalue weighted by molar-refractivity contribution is 5.87. The van der Waals surface area contributed by atoms with Crippen LogP contribution in [0.15, 0.2) is 0 Å². The van der Waals surface area contributed by atoms with Crippen molar-refractivity contribution in [2.24, 2.45) is 5.92 Å². The van der Waals surface area contributed by atoms with Gasteiger partial charge in [-0.2, -0.15) is 0 Å². The van der Waals surface area contributed by atoms with E-state index >= 15 is 0 Å². The fourth-order valence-electron chi connectivity index (χ4n) is 3.02. The normalized spacial score (nSPS) is 26.5. The van der Waals surface area contributed by atoms with Crippen molar-refractivity contribution < 1.29 is 14.7 Å². The molecule has 2 rings (SSSR count). The predicted molar refractivity (Wildman–Crippen MR) is 72.0 cm³/mol. The van der Waals surface area contributed by atoms with Crippen LogP contribution in [0.3, 0.4) is 0 Å². The number of carboxylic acids is 1. The molecule has 1 aliphatic heterocycles. The summed E-state index contributed by atoms with van der Waals surface area (Å²) in [6, 6.07) is -0.0869. The van der Waals surface area contributed by atoms with Crippen molar-refractivity contribution in [1.82, 2.24) is 9.80 Å². The Morgan fingerprint density at radius 1 is 1.37 bits per heavy atom. The number of amides is 2. The molecule has 0 bridgehead atoms. The van der Waals surface area contributed by atoms with E-state index in [2.05, 4.69) is 0 Å². The molecule has 2 aliphatic rings. The summed E-state index contributed by atoms with van der Waals surface area (Å²) in [5, 5.41) is 9.52. The Morgan fingerprint density at radius 2 is 2.05 bits per heavy atom. The second-order valence-corrected chi connectivity index (χ2v) is 5.71. The maximum absolute atomic E-state index is 12.6. The Labute approximate surface area is 114 Å². The Morgan fingerprint density at radius 3 is 2.53 bits per heavy atom. The quantitative estimate of drug-likeness (QED) is 0.831. The molecule has 1 unspecified atom stereocenters. The van der Waals surface area contributed by atoms with Gasteiger partial charge in [0.15, 0.2) is 0 Å². The summed E-state index contributed by atoms with van der Waals surface area (Å²) in [4.78, 5) is 27.6. The Bertz CT molecular complexity index is 368. The molecule has 1 N–H and O–H groups in total. The summed E-state index contributed by atoms with van der Waals surface area (Å²) in [5.41, 5.74) is -0.978.